The molecule has 0 saturated heterocycles. The molecular formula is C29H31Cl2FN2O2S. The highest BCUT2D eigenvalue weighted by Crippen LogP contribution is 2.25. The summed E-state index contributed by atoms with van der Waals surface area (Å²) < 4.78 is 13.2. The van der Waals surface area contributed by atoms with Crippen LogP contribution in [0.15, 0.2) is 72.8 Å². The van der Waals surface area contributed by atoms with Crippen molar-refractivity contribution >= 4 is 46.8 Å². The van der Waals surface area contributed by atoms with Gasteiger partial charge in [-0.25, -0.2) is 4.39 Å². The molecule has 0 fully saturated rings. The van der Waals surface area contributed by atoms with Gasteiger partial charge in [-0.05, 0) is 54.3 Å². The van der Waals surface area contributed by atoms with E-state index in [0.717, 1.165) is 17.5 Å². The molecule has 0 unspecified atom stereocenters. The van der Waals surface area contributed by atoms with E-state index >= 15 is 0 Å². The van der Waals surface area contributed by atoms with Crippen molar-refractivity contribution in [3.05, 3.63) is 105 Å². The highest BCUT2D eigenvalue weighted by molar-refractivity contribution is 7.99. The van der Waals surface area contributed by atoms with Gasteiger partial charge in [-0.1, -0.05) is 78.7 Å². The summed E-state index contributed by atoms with van der Waals surface area (Å²) >= 11 is 14.0. The van der Waals surface area contributed by atoms with Gasteiger partial charge in [-0.15, -0.1) is 11.8 Å². The van der Waals surface area contributed by atoms with Crippen LogP contribution in [0.2, 0.25) is 10.0 Å². The molecule has 0 aliphatic heterocycles. The first kappa shape index (κ1) is 29.0. The highest BCUT2D eigenvalue weighted by Gasteiger charge is 2.31. The Bertz CT molecular complexity index is 1180. The van der Waals surface area contributed by atoms with Crippen molar-refractivity contribution in [2.45, 2.75) is 51.1 Å². The number of carbonyl (C=O) groups excluding carboxylic acids is 2. The Labute approximate surface area is 232 Å². The summed E-state index contributed by atoms with van der Waals surface area (Å²) in [4.78, 5) is 28.8. The lowest BCUT2D eigenvalue weighted by Crippen LogP contribution is -2.52. The zero-order valence-corrected chi connectivity index (χ0v) is 23.3. The van der Waals surface area contributed by atoms with Gasteiger partial charge in [-0.3, -0.25) is 9.59 Å². The monoisotopic (exact) mass is 560 g/mol. The normalized spacial score (nSPS) is 12.6. The van der Waals surface area contributed by atoms with Crippen LogP contribution in [0.5, 0.6) is 0 Å². The lowest BCUT2D eigenvalue weighted by atomic mass is 10.0. The second-order valence-electron chi connectivity index (χ2n) is 8.90. The molecule has 3 aromatic carbocycles. The molecule has 0 aliphatic rings. The minimum absolute atomic E-state index is 0.0327. The maximum Gasteiger partial charge on any atom is 0.243 e. The minimum atomic E-state index is -0.734. The second kappa shape index (κ2) is 14.4. The van der Waals surface area contributed by atoms with Gasteiger partial charge in [0, 0.05) is 34.8 Å². The topological polar surface area (TPSA) is 49.4 Å². The third kappa shape index (κ3) is 9.06. The fourth-order valence-electron chi connectivity index (χ4n) is 3.75. The summed E-state index contributed by atoms with van der Waals surface area (Å²) in [6.07, 6.45) is 1.14. The van der Waals surface area contributed by atoms with E-state index in [-0.39, 0.29) is 36.0 Å². The van der Waals surface area contributed by atoms with Gasteiger partial charge in [0.25, 0.3) is 0 Å². The van der Waals surface area contributed by atoms with Crippen LogP contribution in [0.4, 0.5) is 4.39 Å². The van der Waals surface area contributed by atoms with Crippen LogP contribution in [0.3, 0.4) is 0 Å². The van der Waals surface area contributed by atoms with Crippen LogP contribution in [-0.4, -0.2) is 34.6 Å². The molecule has 0 heterocycles. The quantitative estimate of drug-likeness (QED) is 0.261. The molecule has 37 heavy (non-hydrogen) atoms. The number of carbonyl (C=O) groups is 2. The van der Waals surface area contributed by atoms with Crippen LogP contribution < -0.4 is 5.32 Å². The predicted molar refractivity (Wildman–Crippen MR) is 151 cm³/mol. The number of benzene rings is 3. The number of nitrogens with zero attached hydrogens (tertiary/aromatic N) is 1. The molecule has 0 aromatic heterocycles. The van der Waals surface area contributed by atoms with Crippen LogP contribution in [-0.2, 0) is 28.3 Å². The van der Waals surface area contributed by atoms with E-state index in [1.54, 1.807) is 35.2 Å². The van der Waals surface area contributed by atoms with Gasteiger partial charge in [0.05, 0.1) is 5.75 Å². The van der Waals surface area contributed by atoms with Crippen molar-refractivity contribution in [2.75, 3.05) is 5.75 Å². The van der Waals surface area contributed by atoms with Crippen molar-refractivity contribution < 1.29 is 14.0 Å². The predicted octanol–water partition coefficient (Wildman–Crippen LogP) is 6.92. The van der Waals surface area contributed by atoms with Crippen molar-refractivity contribution in [1.82, 2.24) is 10.2 Å². The molecule has 196 valence electrons. The molecule has 0 radical (unpaired) electrons. The smallest absolute Gasteiger partial charge is 0.243 e. The number of nitrogens with one attached hydrogen (secondary N) is 1. The fourth-order valence-corrected chi connectivity index (χ4v) is 5.09. The van der Waals surface area contributed by atoms with E-state index in [0.29, 0.717) is 27.8 Å². The SMILES string of the molecule is CC[C@H](C)NC(=O)[C@H](Cc1ccccc1)N(Cc1ccc(Cl)cc1Cl)C(=O)CSCc1ccc(F)cc1. The maximum absolute atomic E-state index is 13.7. The van der Waals surface area contributed by atoms with E-state index < -0.39 is 6.04 Å². The van der Waals surface area contributed by atoms with Crippen LogP contribution in [0.25, 0.3) is 0 Å². The first-order chi connectivity index (χ1) is 17.8. The van der Waals surface area contributed by atoms with Gasteiger partial charge in [0.15, 0.2) is 0 Å². The average Bonchev–Trinajstić information content (AvgIpc) is 2.88. The van der Waals surface area contributed by atoms with Gasteiger partial charge in [0.1, 0.15) is 11.9 Å². The molecule has 1 N–H and O–H groups in total. The lowest BCUT2D eigenvalue weighted by molar-refractivity contribution is -0.139. The summed E-state index contributed by atoms with van der Waals surface area (Å²) in [5, 5.41) is 3.99. The van der Waals surface area contributed by atoms with Gasteiger partial charge in [0.2, 0.25) is 11.8 Å². The number of hydrogen-bond donors (Lipinski definition) is 1. The van der Waals surface area contributed by atoms with Crippen LogP contribution >= 0.6 is 35.0 Å². The number of hydrogen-bond acceptors (Lipinski definition) is 3. The molecular weight excluding hydrogens is 530 g/mol. The Balaban J connectivity index is 1.88. The zero-order valence-electron chi connectivity index (χ0n) is 20.9. The first-order valence-corrected chi connectivity index (χ1v) is 14.1. The number of amides is 2. The van der Waals surface area contributed by atoms with Crippen LogP contribution in [0.1, 0.15) is 37.0 Å². The van der Waals surface area contributed by atoms with Crippen LogP contribution in [0, 0.1) is 5.82 Å². The average molecular weight is 562 g/mol. The third-order valence-electron chi connectivity index (χ3n) is 6.04. The minimum Gasteiger partial charge on any atom is -0.352 e. The number of thioether (sulfide) groups is 1. The van der Waals surface area contributed by atoms with Gasteiger partial charge >= 0.3 is 0 Å². The molecule has 0 spiro atoms. The summed E-state index contributed by atoms with van der Waals surface area (Å²) in [7, 11) is 0. The van der Waals surface area contributed by atoms with Crippen molar-refractivity contribution in [3.63, 3.8) is 0 Å². The Kier molecular flexibility index (Phi) is 11.3. The molecule has 3 aromatic rings. The largest absolute Gasteiger partial charge is 0.352 e. The standard InChI is InChI=1S/C29H31Cl2FN2O2S/c1-3-20(2)33-29(36)27(15-21-7-5-4-6-8-21)34(17-23-11-12-24(30)16-26(23)31)28(35)19-37-18-22-9-13-25(32)14-10-22/h4-14,16,20,27H,3,15,17-19H2,1-2H3,(H,33,36)/t20-,27-/m0/s1. The Morgan fingerprint density at radius 3 is 2.35 bits per heavy atom. The Morgan fingerprint density at radius 1 is 1.00 bits per heavy atom. The Morgan fingerprint density at radius 2 is 1.70 bits per heavy atom. The highest BCUT2D eigenvalue weighted by atomic mass is 35.5. The summed E-state index contributed by atoms with van der Waals surface area (Å²) in [6.45, 7) is 4.11. The molecule has 2 atom stereocenters. The lowest BCUT2D eigenvalue weighted by Gasteiger charge is -2.32. The molecule has 4 nitrogen and oxygen atoms in total. The first-order valence-electron chi connectivity index (χ1n) is 12.2. The summed E-state index contributed by atoms with van der Waals surface area (Å²) in [6, 6.07) is 20.2. The van der Waals surface area contributed by atoms with Gasteiger partial charge in [-0.2, -0.15) is 0 Å². The molecule has 8 heteroatoms. The molecule has 0 aliphatic carbocycles. The maximum atomic E-state index is 13.7. The summed E-state index contributed by atoms with van der Waals surface area (Å²) in [5.41, 5.74) is 2.57. The zero-order chi connectivity index (χ0) is 26.8. The molecule has 0 bridgehead atoms. The molecule has 0 saturated carbocycles. The number of halogens is 3. The Hall–Kier alpha value is -2.54. The number of rotatable bonds is 12. The molecule has 3 rings (SSSR count). The van der Waals surface area contributed by atoms with E-state index in [1.807, 2.05) is 44.2 Å². The van der Waals surface area contributed by atoms with Crippen molar-refractivity contribution in [3.8, 4) is 0 Å². The van der Waals surface area contributed by atoms with E-state index in [9.17, 15) is 14.0 Å². The fraction of sp³-hybridized carbons (Fsp3) is 0.310. The van der Waals surface area contributed by atoms with E-state index in [2.05, 4.69) is 5.32 Å². The van der Waals surface area contributed by atoms with Crippen molar-refractivity contribution in [1.29, 1.82) is 0 Å². The van der Waals surface area contributed by atoms with Crippen molar-refractivity contribution in [2.24, 2.45) is 0 Å². The molecule has 2 amide bonds. The van der Waals surface area contributed by atoms with Gasteiger partial charge < -0.3 is 10.2 Å². The van der Waals surface area contributed by atoms with E-state index in [4.69, 9.17) is 23.2 Å². The summed E-state index contributed by atoms with van der Waals surface area (Å²) in [5.74, 6) is 0.0134. The van der Waals surface area contributed by atoms with E-state index in [1.165, 1.54) is 23.9 Å². The second-order valence-corrected chi connectivity index (χ2v) is 10.7. The third-order valence-corrected chi connectivity index (χ3v) is 7.61.